The third-order valence-electron chi connectivity index (χ3n) is 2.95. The summed E-state index contributed by atoms with van der Waals surface area (Å²) < 4.78 is 5.85. The molecule has 1 aromatic heterocycles. The number of rotatable bonds is 6. The topological polar surface area (TPSA) is 55.4 Å². The Morgan fingerprint density at radius 1 is 1.35 bits per heavy atom. The Bertz CT molecular complexity index is 698. The second-order valence-corrected chi connectivity index (χ2v) is 6.70. The highest BCUT2D eigenvalue weighted by atomic mass is 79.9. The number of halogens is 1. The van der Waals surface area contributed by atoms with Crippen LogP contribution in [0.5, 0.6) is 0 Å². The molecule has 2 aromatic rings. The molecule has 0 aliphatic heterocycles. The monoisotopic (exact) mass is 393 g/mol. The molecule has 2 rings (SSSR count). The van der Waals surface area contributed by atoms with Gasteiger partial charge in [0.05, 0.1) is 6.04 Å². The Balaban J connectivity index is 1.76. The van der Waals surface area contributed by atoms with E-state index in [1.54, 1.807) is 17.4 Å². The lowest BCUT2D eigenvalue weighted by molar-refractivity contribution is -0.144. The molecule has 4 nitrogen and oxygen atoms in total. The molecule has 0 radical (unpaired) electrons. The summed E-state index contributed by atoms with van der Waals surface area (Å²) in [6.45, 7) is 1.59. The van der Waals surface area contributed by atoms with Gasteiger partial charge in [-0.25, -0.2) is 4.79 Å². The van der Waals surface area contributed by atoms with Gasteiger partial charge in [-0.1, -0.05) is 34.1 Å². The van der Waals surface area contributed by atoms with E-state index in [0.29, 0.717) is 0 Å². The van der Waals surface area contributed by atoms with Crippen molar-refractivity contribution in [3.63, 3.8) is 0 Å². The maximum atomic E-state index is 11.8. The summed E-state index contributed by atoms with van der Waals surface area (Å²) in [7, 11) is 0. The molecule has 120 valence electrons. The first-order chi connectivity index (χ1) is 11.0. The normalized spacial score (nSPS) is 12.1. The first-order valence-electron chi connectivity index (χ1n) is 6.98. The molecule has 0 unspecified atom stereocenters. The number of hydrogen-bond donors (Lipinski definition) is 1. The second-order valence-electron chi connectivity index (χ2n) is 4.80. The first-order valence-corrected chi connectivity index (χ1v) is 8.65. The highest BCUT2D eigenvalue weighted by molar-refractivity contribution is 9.10. The van der Waals surface area contributed by atoms with Gasteiger partial charge >= 0.3 is 5.97 Å². The number of thiophene rings is 1. The molecule has 1 atom stereocenters. The van der Waals surface area contributed by atoms with Crippen molar-refractivity contribution in [3.05, 3.63) is 62.8 Å². The van der Waals surface area contributed by atoms with Crippen LogP contribution in [0.4, 0.5) is 0 Å². The van der Waals surface area contributed by atoms with E-state index < -0.39 is 5.97 Å². The number of hydrogen-bond acceptors (Lipinski definition) is 4. The molecule has 0 aliphatic rings. The number of nitrogens with one attached hydrogen (secondary N) is 1. The minimum Gasteiger partial charge on any atom is -0.452 e. The van der Waals surface area contributed by atoms with Gasteiger partial charge in [-0.05, 0) is 42.1 Å². The SMILES string of the molecule is C[C@H](NC(=O)COC(=O)/C=C/c1cccc(Br)c1)c1cccs1. The fraction of sp³-hybridized carbons (Fsp3) is 0.176. The van der Waals surface area contributed by atoms with Crippen LogP contribution in [0.2, 0.25) is 0 Å². The molecule has 0 saturated carbocycles. The number of esters is 1. The minimum absolute atomic E-state index is 0.0987. The van der Waals surface area contributed by atoms with E-state index in [9.17, 15) is 9.59 Å². The van der Waals surface area contributed by atoms with Gasteiger partial charge in [-0.15, -0.1) is 11.3 Å². The number of amides is 1. The van der Waals surface area contributed by atoms with Crippen molar-refractivity contribution in [1.82, 2.24) is 5.32 Å². The van der Waals surface area contributed by atoms with Crippen LogP contribution < -0.4 is 5.32 Å². The zero-order chi connectivity index (χ0) is 16.7. The predicted molar refractivity (Wildman–Crippen MR) is 95.0 cm³/mol. The summed E-state index contributed by atoms with van der Waals surface area (Å²) in [6, 6.07) is 11.3. The van der Waals surface area contributed by atoms with Gasteiger partial charge < -0.3 is 10.1 Å². The molecular formula is C17H16BrNO3S. The van der Waals surface area contributed by atoms with Crippen molar-refractivity contribution in [2.75, 3.05) is 6.61 Å². The van der Waals surface area contributed by atoms with Gasteiger partial charge in [0, 0.05) is 15.4 Å². The van der Waals surface area contributed by atoms with Crippen LogP contribution in [-0.4, -0.2) is 18.5 Å². The van der Waals surface area contributed by atoms with Crippen molar-refractivity contribution >= 4 is 45.2 Å². The van der Waals surface area contributed by atoms with E-state index in [1.165, 1.54) is 6.08 Å². The van der Waals surface area contributed by atoms with Gasteiger partial charge in [0.15, 0.2) is 6.61 Å². The van der Waals surface area contributed by atoms with Crippen molar-refractivity contribution in [2.24, 2.45) is 0 Å². The molecule has 1 amide bonds. The predicted octanol–water partition coefficient (Wildman–Crippen LogP) is 3.94. The van der Waals surface area contributed by atoms with Crippen LogP contribution >= 0.6 is 27.3 Å². The smallest absolute Gasteiger partial charge is 0.331 e. The molecule has 0 saturated heterocycles. The number of benzene rings is 1. The van der Waals surface area contributed by atoms with Gasteiger partial charge in [0.2, 0.25) is 0 Å². The highest BCUT2D eigenvalue weighted by Crippen LogP contribution is 2.17. The maximum Gasteiger partial charge on any atom is 0.331 e. The molecule has 0 aliphatic carbocycles. The zero-order valence-corrected chi connectivity index (χ0v) is 14.9. The average molecular weight is 394 g/mol. The van der Waals surface area contributed by atoms with E-state index in [-0.39, 0.29) is 18.6 Å². The third kappa shape index (κ3) is 6.00. The molecular weight excluding hydrogens is 378 g/mol. The lowest BCUT2D eigenvalue weighted by Crippen LogP contribution is -2.30. The largest absolute Gasteiger partial charge is 0.452 e. The highest BCUT2D eigenvalue weighted by Gasteiger charge is 2.11. The number of carbonyl (C=O) groups excluding carboxylic acids is 2. The van der Waals surface area contributed by atoms with Crippen molar-refractivity contribution in [2.45, 2.75) is 13.0 Å². The zero-order valence-electron chi connectivity index (χ0n) is 12.5. The fourth-order valence-electron chi connectivity index (χ4n) is 1.85. The van der Waals surface area contributed by atoms with Gasteiger partial charge in [0.1, 0.15) is 0 Å². The lowest BCUT2D eigenvalue weighted by atomic mass is 10.2. The molecule has 23 heavy (non-hydrogen) atoms. The van der Waals surface area contributed by atoms with Crippen molar-refractivity contribution in [3.8, 4) is 0 Å². The second kappa shape index (κ2) is 8.64. The summed E-state index contributed by atoms with van der Waals surface area (Å²) in [5, 5.41) is 4.73. The summed E-state index contributed by atoms with van der Waals surface area (Å²) >= 11 is 4.92. The summed E-state index contributed by atoms with van der Waals surface area (Å²) in [6.07, 6.45) is 2.94. The van der Waals surface area contributed by atoms with Crippen molar-refractivity contribution < 1.29 is 14.3 Å². The van der Waals surface area contributed by atoms with Gasteiger partial charge in [0.25, 0.3) is 5.91 Å². The van der Waals surface area contributed by atoms with E-state index in [0.717, 1.165) is 14.9 Å². The Morgan fingerprint density at radius 3 is 2.87 bits per heavy atom. The number of carbonyl (C=O) groups is 2. The Hall–Kier alpha value is -1.92. The maximum absolute atomic E-state index is 11.8. The molecule has 1 heterocycles. The standard InChI is InChI=1S/C17H16BrNO3S/c1-12(15-6-3-9-23-15)19-16(20)11-22-17(21)8-7-13-4-2-5-14(18)10-13/h2-10,12H,11H2,1H3,(H,19,20)/b8-7+/t12-/m0/s1. The third-order valence-corrected chi connectivity index (χ3v) is 4.50. The first kappa shape index (κ1) is 17.4. The van der Waals surface area contributed by atoms with Crippen LogP contribution in [0.3, 0.4) is 0 Å². The fourth-order valence-corrected chi connectivity index (χ4v) is 3.00. The van der Waals surface area contributed by atoms with Crippen LogP contribution in [-0.2, 0) is 14.3 Å². The molecule has 6 heteroatoms. The summed E-state index contributed by atoms with van der Waals surface area (Å²) in [4.78, 5) is 24.4. The summed E-state index contributed by atoms with van der Waals surface area (Å²) in [5.41, 5.74) is 0.868. The lowest BCUT2D eigenvalue weighted by Gasteiger charge is -2.11. The van der Waals surface area contributed by atoms with Gasteiger partial charge in [-0.3, -0.25) is 4.79 Å². The molecule has 0 bridgehead atoms. The quantitative estimate of drug-likeness (QED) is 0.597. The van der Waals surface area contributed by atoms with Crippen LogP contribution in [0.15, 0.2) is 52.3 Å². The average Bonchev–Trinajstić information content (AvgIpc) is 3.05. The van der Waals surface area contributed by atoms with E-state index in [1.807, 2.05) is 48.7 Å². The number of ether oxygens (including phenoxy) is 1. The summed E-state index contributed by atoms with van der Waals surface area (Å²) in [5.74, 6) is -0.876. The molecule has 1 aromatic carbocycles. The van der Waals surface area contributed by atoms with E-state index in [4.69, 9.17) is 4.74 Å². The molecule has 0 spiro atoms. The Labute approximate surface area is 147 Å². The Kier molecular flexibility index (Phi) is 6.55. The van der Waals surface area contributed by atoms with Crippen LogP contribution in [0.25, 0.3) is 6.08 Å². The Morgan fingerprint density at radius 2 is 2.17 bits per heavy atom. The van der Waals surface area contributed by atoms with E-state index in [2.05, 4.69) is 21.2 Å². The molecule has 0 fully saturated rings. The van der Waals surface area contributed by atoms with Crippen LogP contribution in [0, 0.1) is 0 Å². The van der Waals surface area contributed by atoms with Gasteiger partial charge in [-0.2, -0.15) is 0 Å². The minimum atomic E-state index is -0.552. The van der Waals surface area contributed by atoms with E-state index >= 15 is 0 Å². The van der Waals surface area contributed by atoms with Crippen LogP contribution in [0.1, 0.15) is 23.4 Å². The molecule has 1 N–H and O–H groups in total. The van der Waals surface area contributed by atoms with Crippen molar-refractivity contribution in [1.29, 1.82) is 0 Å².